The highest BCUT2D eigenvalue weighted by molar-refractivity contribution is 5.79. The van der Waals surface area contributed by atoms with Crippen LogP contribution in [0.25, 0.3) is 22.5 Å². The summed E-state index contributed by atoms with van der Waals surface area (Å²) in [5.41, 5.74) is 4.11. The van der Waals surface area contributed by atoms with E-state index in [2.05, 4.69) is 25.4 Å². The van der Waals surface area contributed by atoms with Gasteiger partial charge in [0.05, 0.1) is 37.9 Å². The van der Waals surface area contributed by atoms with Crippen molar-refractivity contribution in [2.24, 2.45) is 0 Å². The van der Waals surface area contributed by atoms with Crippen LogP contribution in [-0.4, -0.2) is 58.6 Å². The standard InChI is InChI=1S/C24H23N7O2/c1-32-22-21(18-6-2-5-17(15-18)20-8-4-10-26-30-20)28-24(31-11-13-33-14-12-31)29-23(22)27-19-7-3-9-25-16-19/h2-10,15-16H,11-14H2,1H3,(H,27,28,29). The predicted octanol–water partition coefficient (Wildman–Crippen LogP) is 3.58. The molecule has 1 N–H and O–H groups in total. The van der Waals surface area contributed by atoms with Gasteiger partial charge in [0.1, 0.15) is 5.69 Å². The van der Waals surface area contributed by atoms with E-state index in [9.17, 15) is 0 Å². The fraction of sp³-hybridized carbons (Fsp3) is 0.208. The molecule has 1 aromatic carbocycles. The Hall–Kier alpha value is -4.11. The number of nitrogens with zero attached hydrogens (tertiary/aromatic N) is 6. The fourth-order valence-corrected chi connectivity index (χ4v) is 3.67. The molecule has 1 fully saturated rings. The lowest BCUT2D eigenvalue weighted by Gasteiger charge is -2.28. The number of aromatic nitrogens is 5. The summed E-state index contributed by atoms with van der Waals surface area (Å²) in [6.07, 6.45) is 5.13. The number of methoxy groups -OCH3 is 1. The quantitative estimate of drug-likeness (QED) is 0.481. The molecule has 0 amide bonds. The summed E-state index contributed by atoms with van der Waals surface area (Å²) >= 11 is 0. The molecule has 33 heavy (non-hydrogen) atoms. The lowest BCUT2D eigenvalue weighted by atomic mass is 10.0. The summed E-state index contributed by atoms with van der Waals surface area (Å²) in [4.78, 5) is 16.0. The third kappa shape index (κ3) is 4.58. The summed E-state index contributed by atoms with van der Waals surface area (Å²) < 4.78 is 11.3. The number of hydrogen-bond donors (Lipinski definition) is 1. The van der Waals surface area contributed by atoms with Gasteiger partial charge in [0.25, 0.3) is 0 Å². The van der Waals surface area contributed by atoms with Crippen LogP contribution in [0.5, 0.6) is 5.75 Å². The lowest BCUT2D eigenvalue weighted by molar-refractivity contribution is 0.122. The normalized spacial score (nSPS) is 13.5. The Labute approximate surface area is 191 Å². The van der Waals surface area contributed by atoms with E-state index in [0.29, 0.717) is 36.4 Å². The van der Waals surface area contributed by atoms with E-state index in [0.717, 1.165) is 35.6 Å². The predicted molar refractivity (Wildman–Crippen MR) is 126 cm³/mol. The van der Waals surface area contributed by atoms with E-state index in [1.807, 2.05) is 48.5 Å². The average Bonchev–Trinajstić information content (AvgIpc) is 2.90. The van der Waals surface area contributed by atoms with Crippen molar-refractivity contribution in [1.82, 2.24) is 25.1 Å². The average molecular weight is 441 g/mol. The molecule has 0 atom stereocenters. The maximum Gasteiger partial charge on any atom is 0.228 e. The molecule has 0 saturated carbocycles. The van der Waals surface area contributed by atoms with Crippen molar-refractivity contribution < 1.29 is 9.47 Å². The summed E-state index contributed by atoms with van der Waals surface area (Å²) in [6.45, 7) is 2.71. The van der Waals surface area contributed by atoms with Crippen LogP contribution in [0.4, 0.5) is 17.5 Å². The minimum atomic E-state index is 0.548. The van der Waals surface area contributed by atoms with Crippen molar-refractivity contribution in [2.45, 2.75) is 0 Å². The highest BCUT2D eigenvalue weighted by Crippen LogP contribution is 2.38. The largest absolute Gasteiger partial charge is 0.491 e. The molecule has 1 saturated heterocycles. The molecule has 5 rings (SSSR count). The summed E-state index contributed by atoms with van der Waals surface area (Å²) in [7, 11) is 1.62. The molecule has 0 unspecified atom stereocenters. The van der Waals surface area contributed by atoms with Crippen LogP contribution >= 0.6 is 0 Å². The van der Waals surface area contributed by atoms with Crippen molar-refractivity contribution >= 4 is 17.5 Å². The van der Waals surface area contributed by atoms with E-state index < -0.39 is 0 Å². The van der Waals surface area contributed by atoms with E-state index in [1.54, 1.807) is 25.7 Å². The maximum atomic E-state index is 5.81. The molecular formula is C24H23N7O2. The molecule has 9 nitrogen and oxygen atoms in total. The molecule has 0 radical (unpaired) electrons. The van der Waals surface area contributed by atoms with Crippen molar-refractivity contribution in [3.05, 3.63) is 67.1 Å². The van der Waals surface area contributed by atoms with Crippen LogP contribution in [0.3, 0.4) is 0 Å². The lowest BCUT2D eigenvalue weighted by Crippen LogP contribution is -2.37. The van der Waals surface area contributed by atoms with Gasteiger partial charge in [-0.2, -0.15) is 15.2 Å². The second-order valence-corrected chi connectivity index (χ2v) is 7.41. The number of hydrogen-bond acceptors (Lipinski definition) is 9. The van der Waals surface area contributed by atoms with E-state index in [4.69, 9.17) is 19.4 Å². The first-order chi connectivity index (χ1) is 16.3. The van der Waals surface area contributed by atoms with Crippen molar-refractivity contribution in [2.75, 3.05) is 43.6 Å². The molecule has 4 heterocycles. The Bertz CT molecular complexity index is 1220. The number of anilines is 3. The van der Waals surface area contributed by atoms with Crippen LogP contribution in [0.15, 0.2) is 67.1 Å². The van der Waals surface area contributed by atoms with E-state index >= 15 is 0 Å². The zero-order valence-corrected chi connectivity index (χ0v) is 18.2. The molecular weight excluding hydrogens is 418 g/mol. The Morgan fingerprint density at radius 2 is 1.82 bits per heavy atom. The van der Waals surface area contributed by atoms with Crippen LogP contribution < -0.4 is 15.0 Å². The molecule has 0 bridgehead atoms. The highest BCUT2D eigenvalue weighted by Gasteiger charge is 2.22. The topological polar surface area (TPSA) is 98.2 Å². The van der Waals surface area contributed by atoms with Crippen molar-refractivity contribution in [1.29, 1.82) is 0 Å². The second kappa shape index (κ2) is 9.58. The smallest absolute Gasteiger partial charge is 0.228 e. The van der Waals surface area contributed by atoms with Crippen molar-refractivity contribution in [3.63, 3.8) is 0 Å². The fourth-order valence-electron chi connectivity index (χ4n) is 3.67. The zero-order valence-electron chi connectivity index (χ0n) is 18.2. The number of pyridine rings is 1. The highest BCUT2D eigenvalue weighted by atomic mass is 16.5. The summed E-state index contributed by atoms with van der Waals surface area (Å²) in [6, 6.07) is 15.6. The number of rotatable bonds is 6. The Morgan fingerprint density at radius 1 is 0.970 bits per heavy atom. The van der Waals surface area contributed by atoms with Crippen molar-refractivity contribution in [3.8, 4) is 28.3 Å². The molecule has 9 heteroatoms. The molecule has 0 spiro atoms. The molecule has 4 aromatic rings. The first kappa shape index (κ1) is 20.8. The minimum absolute atomic E-state index is 0.548. The maximum absolute atomic E-state index is 5.81. The van der Waals surface area contributed by atoms with Gasteiger partial charge in [-0.15, -0.1) is 0 Å². The van der Waals surface area contributed by atoms with Gasteiger partial charge in [-0.3, -0.25) is 4.98 Å². The second-order valence-electron chi connectivity index (χ2n) is 7.41. The Balaban J connectivity index is 1.63. The van der Waals surface area contributed by atoms with Crippen LogP contribution in [0.1, 0.15) is 0 Å². The van der Waals surface area contributed by atoms with Gasteiger partial charge in [0, 0.05) is 36.6 Å². The SMILES string of the molecule is COc1c(Nc2cccnc2)nc(N2CCOCC2)nc1-c1cccc(-c2cccnn2)c1. The first-order valence-electron chi connectivity index (χ1n) is 10.7. The molecule has 3 aromatic heterocycles. The molecule has 1 aliphatic heterocycles. The number of ether oxygens (including phenoxy) is 2. The van der Waals surface area contributed by atoms with Gasteiger partial charge < -0.3 is 19.7 Å². The Kier molecular flexibility index (Phi) is 6.03. The molecule has 0 aliphatic carbocycles. The Morgan fingerprint density at radius 3 is 2.58 bits per heavy atom. The minimum Gasteiger partial charge on any atom is -0.491 e. The molecule has 166 valence electrons. The van der Waals surface area contributed by atoms with E-state index in [-0.39, 0.29) is 0 Å². The number of morpholine rings is 1. The van der Waals surface area contributed by atoms with Gasteiger partial charge in [-0.05, 0) is 30.3 Å². The zero-order chi connectivity index (χ0) is 22.5. The van der Waals surface area contributed by atoms with Gasteiger partial charge in [0.15, 0.2) is 11.6 Å². The number of nitrogens with one attached hydrogen (secondary N) is 1. The van der Waals surface area contributed by atoms with Crippen LogP contribution in [0, 0.1) is 0 Å². The monoisotopic (exact) mass is 441 g/mol. The number of benzene rings is 1. The summed E-state index contributed by atoms with van der Waals surface area (Å²) in [5.74, 6) is 1.74. The molecule has 1 aliphatic rings. The van der Waals surface area contributed by atoms with Crippen LogP contribution in [-0.2, 0) is 4.74 Å². The van der Waals surface area contributed by atoms with Gasteiger partial charge in [-0.1, -0.05) is 18.2 Å². The van der Waals surface area contributed by atoms with Crippen LogP contribution in [0.2, 0.25) is 0 Å². The summed E-state index contributed by atoms with van der Waals surface area (Å²) in [5, 5.41) is 11.6. The van der Waals surface area contributed by atoms with E-state index in [1.165, 1.54) is 0 Å². The third-order valence-corrected chi connectivity index (χ3v) is 5.28. The van der Waals surface area contributed by atoms with Gasteiger partial charge >= 0.3 is 0 Å². The third-order valence-electron chi connectivity index (χ3n) is 5.28. The first-order valence-corrected chi connectivity index (χ1v) is 10.7. The van der Waals surface area contributed by atoms with Gasteiger partial charge in [0.2, 0.25) is 5.95 Å². The van der Waals surface area contributed by atoms with Gasteiger partial charge in [-0.25, -0.2) is 4.98 Å².